The minimum atomic E-state index is -4.40. The number of carboxylic acid groups (broad SMARTS) is 1. The Morgan fingerprint density at radius 2 is 1.82 bits per heavy atom. The molecule has 2 aliphatic carbocycles. The van der Waals surface area contributed by atoms with Crippen LogP contribution in [0.15, 0.2) is 48.8 Å². The quantitative estimate of drug-likeness (QED) is 0.571. The lowest BCUT2D eigenvalue weighted by Gasteiger charge is -2.56. The van der Waals surface area contributed by atoms with Crippen molar-refractivity contribution in [2.45, 2.75) is 44.3 Å². The van der Waals surface area contributed by atoms with E-state index in [1.54, 1.807) is 12.1 Å². The summed E-state index contributed by atoms with van der Waals surface area (Å²) in [6, 6.07) is 8.27. The molecule has 2 saturated carbocycles. The molecule has 1 heterocycles. The van der Waals surface area contributed by atoms with E-state index in [0.717, 1.165) is 25.0 Å². The number of amides is 1. The van der Waals surface area contributed by atoms with E-state index in [9.17, 15) is 22.8 Å². The van der Waals surface area contributed by atoms with E-state index in [1.807, 2.05) is 0 Å². The Hall–Kier alpha value is -3.36. The molecule has 0 atom stereocenters. The maximum Gasteiger partial charge on any atom is 0.416 e. The van der Waals surface area contributed by atoms with Gasteiger partial charge in [-0.15, -0.1) is 0 Å². The normalized spacial score (nSPS) is 24.6. The maximum absolute atomic E-state index is 12.9. The lowest BCUT2D eigenvalue weighted by molar-refractivity contribution is -0.156. The number of nitrogens with zero attached hydrogens (tertiary/aromatic N) is 1. The van der Waals surface area contributed by atoms with E-state index in [2.05, 4.69) is 10.3 Å². The molecule has 4 N–H and O–H groups in total. The van der Waals surface area contributed by atoms with E-state index >= 15 is 0 Å². The van der Waals surface area contributed by atoms with Gasteiger partial charge >= 0.3 is 12.1 Å². The van der Waals surface area contributed by atoms with Gasteiger partial charge in [-0.3, -0.25) is 14.6 Å². The summed E-state index contributed by atoms with van der Waals surface area (Å²) in [5.74, 6) is -1.43. The molecule has 6 nitrogen and oxygen atoms in total. The monoisotopic (exact) mass is 459 g/mol. The average molecular weight is 459 g/mol. The van der Waals surface area contributed by atoms with E-state index in [1.165, 1.54) is 24.5 Å². The number of aliphatic carboxylic acids is 1. The SMILES string of the molecule is N/C=C(/C(=O)NC1CC2(C1)CC(C(=O)O)C2)c1ncccc1Cc1ccc(C(F)(F)F)cc1. The Kier molecular flexibility index (Phi) is 5.90. The molecule has 0 radical (unpaired) electrons. The summed E-state index contributed by atoms with van der Waals surface area (Å²) in [5.41, 5.74) is 6.93. The van der Waals surface area contributed by atoms with Crippen molar-refractivity contribution in [2.24, 2.45) is 17.1 Å². The number of carboxylic acids is 1. The fraction of sp³-hybridized carbons (Fsp3) is 0.375. The number of benzene rings is 1. The van der Waals surface area contributed by atoms with Gasteiger partial charge in [-0.25, -0.2) is 0 Å². The smallest absolute Gasteiger partial charge is 0.416 e. The fourth-order valence-corrected chi connectivity index (χ4v) is 4.96. The van der Waals surface area contributed by atoms with Gasteiger partial charge in [-0.05, 0) is 66.8 Å². The van der Waals surface area contributed by atoms with Crippen LogP contribution in [0.25, 0.3) is 5.57 Å². The van der Waals surface area contributed by atoms with Crippen molar-refractivity contribution in [2.75, 3.05) is 0 Å². The third-order valence-corrected chi connectivity index (χ3v) is 6.64. The van der Waals surface area contributed by atoms with Crippen molar-refractivity contribution >= 4 is 17.4 Å². The minimum Gasteiger partial charge on any atom is -0.481 e. The molecule has 1 spiro atoms. The highest BCUT2D eigenvalue weighted by Crippen LogP contribution is 2.58. The van der Waals surface area contributed by atoms with Crippen LogP contribution in [0.1, 0.15) is 48.1 Å². The molecule has 4 rings (SSSR count). The van der Waals surface area contributed by atoms with Crippen molar-refractivity contribution in [3.8, 4) is 0 Å². The molecule has 1 amide bonds. The Morgan fingerprint density at radius 3 is 2.39 bits per heavy atom. The van der Waals surface area contributed by atoms with Crippen molar-refractivity contribution < 1.29 is 27.9 Å². The molecule has 1 aromatic carbocycles. The molecule has 174 valence electrons. The zero-order valence-electron chi connectivity index (χ0n) is 17.7. The highest BCUT2D eigenvalue weighted by molar-refractivity contribution is 6.19. The first-order chi connectivity index (χ1) is 15.6. The number of nitrogens with one attached hydrogen (secondary N) is 1. The first kappa shape index (κ1) is 22.8. The number of hydrogen-bond acceptors (Lipinski definition) is 4. The van der Waals surface area contributed by atoms with Gasteiger partial charge in [0.1, 0.15) is 0 Å². The molecule has 2 fully saturated rings. The van der Waals surface area contributed by atoms with Crippen LogP contribution in [0.2, 0.25) is 0 Å². The zero-order valence-corrected chi connectivity index (χ0v) is 17.7. The second kappa shape index (κ2) is 8.53. The largest absolute Gasteiger partial charge is 0.481 e. The van der Waals surface area contributed by atoms with Gasteiger partial charge in [0, 0.05) is 18.4 Å². The van der Waals surface area contributed by atoms with Crippen LogP contribution in [0.4, 0.5) is 13.2 Å². The lowest BCUT2D eigenvalue weighted by atomic mass is 9.50. The Balaban J connectivity index is 1.42. The predicted molar refractivity (Wildman–Crippen MR) is 115 cm³/mol. The molecular formula is C24H24F3N3O3. The number of pyridine rings is 1. The van der Waals surface area contributed by atoms with Gasteiger partial charge in [0.15, 0.2) is 0 Å². The van der Waals surface area contributed by atoms with Crippen molar-refractivity contribution in [1.29, 1.82) is 0 Å². The molecule has 0 bridgehead atoms. The van der Waals surface area contributed by atoms with Crippen LogP contribution < -0.4 is 11.1 Å². The van der Waals surface area contributed by atoms with Gasteiger partial charge in [0.25, 0.3) is 5.91 Å². The van der Waals surface area contributed by atoms with Crippen LogP contribution in [0, 0.1) is 11.3 Å². The topological polar surface area (TPSA) is 105 Å². The summed E-state index contributed by atoms with van der Waals surface area (Å²) in [5, 5.41) is 12.0. The number of hydrogen-bond donors (Lipinski definition) is 3. The number of carbonyl (C=O) groups is 2. The number of nitrogens with two attached hydrogens (primary N) is 1. The molecule has 0 aliphatic heterocycles. The van der Waals surface area contributed by atoms with Gasteiger partial charge in [-0.1, -0.05) is 18.2 Å². The van der Waals surface area contributed by atoms with Crippen molar-refractivity contribution in [3.63, 3.8) is 0 Å². The number of carbonyl (C=O) groups excluding carboxylic acids is 1. The molecule has 1 aromatic heterocycles. The predicted octanol–water partition coefficient (Wildman–Crippen LogP) is 3.75. The standard InChI is InChI=1S/C24H24F3N3O3/c25-24(26,27)17-5-3-14(4-6-17)8-15-2-1-7-29-20(15)19(13-28)21(31)30-18-11-23(12-18)9-16(10-23)22(32)33/h1-7,13,16,18H,8-12,28H2,(H,30,31)(H,32,33)/b19-13+. The molecule has 0 unspecified atom stereocenters. The van der Waals surface area contributed by atoms with E-state index < -0.39 is 17.7 Å². The Bertz CT molecular complexity index is 1080. The number of halogens is 3. The summed E-state index contributed by atoms with van der Waals surface area (Å²) in [6.07, 6.45) is 1.36. The summed E-state index contributed by atoms with van der Waals surface area (Å²) < 4.78 is 38.4. The highest BCUT2D eigenvalue weighted by Gasteiger charge is 2.55. The molecule has 0 saturated heterocycles. The van der Waals surface area contributed by atoms with Gasteiger partial charge < -0.3 is 16.2 Å². The number of rotatable bonds is 6. The van der Waals surface area contributed by atoms with E-state index in [0.29, 0.717) is 29.7 Å². The Labute approximate surface area is 188 Å². The summed E-state index contributed by atoms with van der Waals surface area (Å²) in [4.78, 5) is 28.2. The van der Waals surface area contributed by atoms with Crippen LogP contribution in [0.5, 0.6) is 0 Å². The summed E-state index contributed by atoms with van der Waals surface area (Å²) in [6.45, 7) is 0. The molecule has 9 heteroatoms. The number of aromatic nitrogens is 1. The maximum atomic E-state index is 12.9. The van der Waals surface area contributed by atoms with Gasteiger partial charge in [0.2, 0.25) is 0 Å². The van der Waals surface area contributed by atoms with Gasteiger partial charge in [-0.2, -0.15) is 13.2 Å². The minimum absolute atomic E-state index is 0.0202. The molecule has 2 aromatic rings. The van der Waals surface area contributed by atoms with E-state index in [4.69, 9.17) is 10.8 Å². The first-order valence-corrected chi connectivity index (χ1v) is 10.7. The van der Waals surface area contributed by atoms with Crippen LogP contribution in [-0.2, 0) is 22.2 Å². The summed E-state index contributed by atoms with van der Waals surface area (Å²) in [7, 11) is 0. The van der Waals surface area contributed by atoms with Crippen LogP contribution >= 0.6 is 0 Å². The third kappa shape index (κ3) is 4.72. The van der Waals surface area contributed by atoms with Crippen molar-refractivity contribution in [1.82, 2.24) is 10.3 Å². The second-order valence-electron chi connectivity index (χ2n) is 8.98. The van der Waals surface area contributed by atoms with Crippen LogP contribution in [-0.4, -0.2) is 28.0 Å². The second-order valence-corrected chi connectivity index (χ2v) is 8.98. The molecular weight excluding hydrogens is 435 g/mol. The molecule has 2 aliphatic rings. The lowest BCUT2D eigenvalue weighted by Crippen LogP contribution is -2.57. The van der Waals surface area contributed by atoms with Gasteiger partial charge in [0.05, 0.1) is 22.7 Å². The average Bonchev–Trinajstić information content (AvgIpc) is 2.70. The fourth-order valence-electron chi connectivity index (χ4n) is 4.96. The van der Waals surface area contributed by atoms with Crippen molar-refractivity contribution in [3.05, 3.63) is 71.2 Å². The van der Waals surface area contributed by atoms with E-state index in [-0.39, 0.29) is 35.3 Å². The molecule has 33 heavy (non-hydrogen) atoms. The highest BCUT2D eigenvalue weighted by atomic mass is 19.4. The third-order valence-electron chi connectivity index (χ3n) is 6.64. The Morgan fingerprint density at radius 1 is 1.15 bits per heavy atom. The zero-order chi connectivity index (χ0) is 23.8. The van der Waals surface area contributed by atoms with Crippen LogP contribution in [0.3, 0.4) is 0 Å². The number of alkyl halides is 3. The first-order valence-electron chi connectivity index (χ1n) is 10.7. The summed E-state index contributed by atoms with van der Waals surface area (Å²) >= 11 is 0.